The van der Waals surface area contributed by atoms with Crippen LogP contribution in [-0.2, 0) is 0 Å². The van der Waals surface area contributed by atoms with Crippen molar-refractivity contribution in [3.8, 4) is 11.3 Å². The van der Waals surface area contributed by atoms with Crippen molar-refractivity contribution in [2.24, 2.45) is 0 Å². The van der Waals surface area contributed by atoms with Gasteiger partial charge in [-0.3, -0.25) is 0 Å². The van der Waals surface area contributed by atoms with E-state index >= 15 is 0 Å². The molecule has 1 fully saturated rings. The van der Waals surface area contributed by atoms with Gasteiger partial charge in [-0.05, 0) is 24.3 Å². The Morgan fingerprint density at radius 3 is 2.67 bits per heavy atom. The number of aromatic carboxylic acids is 1. The zero-order valence-corrected chi connectivity index (χ0v) is 10.1. The standard InChI is InChI=1S/C13H11NO3.Li/c15-13(16)12-14-7-11(17-12)10-4-2-1-3-9(10)8-5-6-8;/h1-4,7-8H,5-6H2,(H,15,16);/q;+1/p-1. The number of oxazole rings is 1. The van der Waals surface area contributed by atoms with E-state index in [1.54, 1.807) is 0 Å². The summed E-state index contributed by atoms with van der Waals surface area (Å²) < 4.78 is 5.18. The molecule has 1 aliphatic carbocycles. The molecule has 0 saturated heterocycles. The van der Waals surface area contributed by atoms with Crippen LogP contribution in [0.3, 0.4) is 0 Å². The molecule has 0 spiro atoms. The number of rotatable bonds is 3. The van der Waals surface area contributed by atoms with Gasteiger partial charge < -0.3 is 14.3 Å². The average Bonchev–Trinajstić information content (AvgIpc) is 3.06. The molecule has 3 rings (SSSR count). The van der Waals surface area contributed by atoms with Gasteiger partial charge in [0, 0.05) is 5.56 Å². The van der Waals surface area contributed by atoms with E-state index in [0.29, 0.717) is 11.7 Å². The Balaban J connectivity index is 0.00000120. The summed E-state index contributed by atoms with van der Waals surface area (Å²) in [5.41, 5.74) is 2.13. The second-order valence-corrected chi connectivity index (χ2v) is 4.18. The van der Waals surface area contributed by atoms with Crippen molar-refractivity contribution in [1.29, 1.82) is 0 Å². The van der Waals surface area contributed by atoms with Crippen molar-refractivity contribution in [2.75, 3.05) is 0 Å². The fraction of sp³-hybridized carbons (Fsp3) is 0.231. The van der Waals surface area contributed by atoms with E-state index in [9.17, 15) is 9.90 Å². The van der Waals surface area contributed by atoms with Crippen LogP contribution in [0.2, 0.25) is 0 Å². The molecule has 0 radical (unpaired) electrons. The molecule has 1 heterocycles. The molecule has 1 aromatic carbocycles. The Bertz CT molecular complexity index is 575. The molecular formula is C13H10LiNO3. The smallest absolute Gasteiger partial charge is 0.540 e. The van der Waals surface area contributed by atoms with Gasteiger partial charge >= 0.3 is 18.9 Å². The van der Waals surface area contributed by atoms with Crippen molar-refractivity contribution in [2.45, 2.75) is 18.8 Å². The van der Waals surface area contributed by atoms with Crippen LogP contribution in [0.25, 0.3) is 11.3 Å². The number of hydrogen-bond donors (Lipinski definition) is 0. The molecule has 2 aromatic rings. The van der Waals surface area contributed by atoms with Crippen LogP contribution in [-0.4, -0.2) is 11.0 Å². The fourth-order valence-electron chi connectivity index (χ4n) is 1.96. The monoisotopic (exact) mass is 235 g/mol. The molecule has 18 heavy (non-hydrogen) atoms. The van der Waals surface area contributed by atoms with Gasteiger partial charge in [0.2, 0.25) is 5.89 Å². The Labute approximate surface area is 116 Å². The molecule has 0 unspecified atom stereocenters. The molecule has 0 amide bonds. The van der Waals surface area contributed by atoms with E-state index in [1.807, 2.05) is 24.3 Å². The summed E-state index contributed by atoms with van der Waals surface area (Å²) >= 11 is 0. The predicted octanol–water partition coefficient (Wildman–Crippen LogP) is -1.41. The van der Waals surface area contributed by atoms with E-state index in [1.165, 1.54) is 24.6 Å². The summed E-state index contributed by atoms with van der Waals surface area (Å²) in [6, 6.07) is 7.86. The minimum absolute atomic E-state index is 0. The van der Waals surface area contributed by atoms with Crippen molar-refractivity contribution in [3.05, 3.63) is 41.9 Å². The minimum atomic E-state index is -1.39. The van der Waals surface area contributed by atoms with Gasteiger partial charge in [-0.15, -0.1) is 0 Å². The maximum atomic E-state index is 10.6. The summed E-state index contributed by atoms with van der Waals surface area (Å²) in [5, 5.41) is 10.6. The number of benzene rings is 1. The van der Waals surface area contributed by atoms with Gasteiger partial charge in [-0.2, -0.15) is 0 Å². The van der Waals surface area contributed by atoms with Crippen LogP contribution < -0.4 is 24.0 Å². The number of nitrogens with zero attached hydrogens (tertiary/aromatic N) is 1. The van der Waals surface area contributed by atoms with Gasteiger partial charge in [0.1, 0.15) is 5.97 Å². The molecule has 0 atom stereocenters. The van der Waals surface area contributed by atoms with Gasteiger partial charge in [0.25, 0.3) is 0 Å². The van der Waals surface area contributed by atoms with E-state index < -0.39 is 5.97 Å². The van der Waals surface area contributed by atoms with Crippen molar-refractivity contribution >= 4 is 5.97 Å². The predicted molar refractivity (Wildman–Crippen MR) is 58.2 cm³/mol. The van der Waals surface area contributed by atoms with Crippen LogP contribution in [0.4, 0.5) is 0 Å². The third-order valence-electron chi connectivity index (χ3n) is 2.92. The molecule has 86 valence electrons. The van der Waals surface area contributed by atoms with Crippen LogP contribution >= 0.6 is 0 Å². The second kappa shape index (κ2) is 5.01. The van der Waals surface area contributed by atoms with Crippen molar-refractivity contribution in [3.63, 3.8) is 0 Å². The maximum Gasteiger partial charge on any atom is 1.00 e. The minimum Gasteiger partial charge on any atom is -0.540 e. The molecule has 0 aliphatic heterocycles. The van der Waals surface area contributed by atoms with Crippen LogP contribution in [0.5, 0.6) is 0 Å². The maximum absolute atomic E-state index is 10.6. The Hall–Kier alpha value is -1.50. The third-order valence-corrected chi connectivity index (χ3v) is 2.92. The largest absolute Gasteiger partial charge is 1.00 e. The molecule has 1 aliphatic rings. The Kier molecular flexibility index (Phi) is 3.60. The summed E-state index contributed by atoms with van der Waals surface area (Å²) in [6.07, 6.45) is 3.79. The number of hydrogen-bond acceptors (Lipinski definition) is 4. The average molecular weight is 235 g/mol. The number of carbonyl (C=O) groups is 1. The van der Waals surface area contributed by atoms with Crippen molar-refractivity contribution in [1.82, 2.24) is 4.98 Å². The first-order valence-corrected chi connectivity index (χ1v) is 5.52. The SMILES string of the molecule is O=C([O-])c1ncc(-c2ccccc2C2CC2)o1.[Li+]. The van der Waals surface area contributed by atoms with Gasteiger partial charge in [0.05, 0.1) is 6.20 Å². The first-order chi connectivity index (χ1) is 8.25. The first kappa shape index (κ1) is 12.9. The number of aromatic nitrogens is 1. The zero-order valence-electron chi connectivity index (χ0n) is 10.1. The number of carboxylic acids is 1. The van der Waals surface area contributed by atoms with E-state index in [0.717, 1.165) is 5.56 Å². The summed E-state index contributed by atoms with van der Waals surface area (Å²) in [4.78, 5) is 14.3. The normalized spacial score (nSPS) is 14.0. The summed E-state index contributed by atoms with van der Waals surface area (Å²) in [6.45, 7) is 0. The molecule has 1 saturated carbocycles. The molecule has 0 bridgehead atoms. The van der Waals surface area contributed by atoms with Crippen LogP contribution in [0.1, 0.15) is 35.0 Å². The zero-order chi connectivity index (χ0) is 11.8. The quantitative estimate of drug-likeness (QED) is 0.613. The van der Waals surface area contributed by atoms with Crippen LogP contribution in [0, 0.1) is 0 Å². The van der Waals surface area contributed by atoms with E-state index in [-0.39, 0.29) is 24.8 Å². The Morgan fingerprint density at radius 1 is 1.33 bits per heavy atom. The van der Waals surface area contributed by atoms with Crippen LogP contribution in [0.15, 0.2) is 34.9 Å². The summed E-state index contributed by atoms with van der Waals surface area (Å²) in [7, 11) is 0. The van der Waals surface area contributed by atoms with Crippen molar-refractivity contribution < 1.29 is 33.2 Å². The molecular weight excluding hydrogens is 225 g/mol. The molecule has 4 nitrogen and oxygen atoms in total. The first-order valence-electron chi connectivity index (χ1n) is 5.52. The van der Waals surface area contributed by atoms with Gasteiger partial charge in [-0.1, -0.05) is 24.3 Å². The van der Waals surface area contributed by atoms with Gasteiger partial charge in [0.15, 0.2) is 5.76 Å². The topological polar surface area (TPSA) is 66.2 Å². The molecule has 1 aromatic heterocycles. The number of carboxylic acid groups (broad SMARTS) is 1. The Morgan fingerprint density at radius 2 is 2.06 bits per heavy atom. The molecule has 0 N–H and O–H groups in total. The third kappa shape index (κ3) is 2.35. The second-order valence-electron chi connectivity index (χ2n) is 4.18. The van der Waals surface area contributed by atoms with Gasteiger partial charge in [-0.25, -0.2) is 4.98 Å². The summed E-state index contributed by atoms with van der Waals surface area (Å²) in [5.74, 6) is -0.694. The fourth-order valence-corrected chi connectivity index (χ4v) is 1.96. The molecule has 5 heteroatoms. The van der Waals surface area contributed by atoms with E-state index in [4.69, 9.17) is 4.42 Å². The number of carbonyl (C=O) groups excluding carboxylic acids is 1. The van der Waals surface area contributed by atoms with E-state index in [2.05, 4.69) is 4.98 Å².